The fraction of sp³-hybridized carbons (Fsp3) is 0.697. The summed E-state index contributed by atoms with van der Waals surface area (Å²) in [5, 5.41) is 12.2. The predicted molar refractivity (Wildman–Crippen MR) is 154 cm³/mol. The van der Waals surface area contributed by atoms with Crippen LogP contribution < -0.4 is 0 Å². The molecular weight excluding hydrogens is 412 g/mol. The van der Waals surface area contributed by atoms with Gasteiger partial charge in [-0.25, -0.2) is 0 Å². The van der Waals surface area contributed by atoms with Crippen molar-refractivity contribution in [1.29, 1.82) is 0 Å². The molecule has 0 aliphatic heterocycles. The van der Waals surface area contributed by atoms with E-state index in [1.165, 1.54) is 56.8 Å². The molecule has 194 valence electrons. The van der Waals surface area contributed by atoms with Gasteiger partial charge in [0.05, 0.1) is 6.10 Å². The maximum Gasteiger partial charge on any atom is 0.0540 e. The Morgan fingerprint density at radius 2 is 1.35 bits per heavy atom. The van der Waals surface area contributed by atoms with Crippen LogP contribution in [0.4, 0.5) is 0 Å². The van der Waals surface area contributed by atoms with Gasteiger partial charge in [-0.05, 0) is 102 Å². The van der Waals surface area contributed by atoms with Crippen LogP contribution in [0.1, 0.15) is 125 Å². The van der Waals surface area contributed by atoms with Gasteiger partial charge in [-0.1, -0.05) is 99.2 Å². The quantitative estimate of drug-likeness (QED) is 0.464. The van der Waals surface area contributed by atoms with E-state index >= 15 is 0 Å². The highest BCUT2D eigenvalue weighted by Crippen LogP contribution is 2.62. The van der Waals surface area contributed by atoms with Gasteiger partial charge in [0.15, 0.2) is 0 Å². The van der Waals surface area contributed by atoms with Crippen molar-refractivity contribution in [3.8, 4) is 0 Å². The molecule has 2 bridgehead atoms. The molecule has 0 radical (unpaired) electrons. The van der Waals surface area contributed by atoms with Crippen molar-refractivity contribution < 1.29 is 5.11 Å². The molecule has 0 heterocycles. The SMILES string of the molecule is C.C.C.C.CC(O)C1CCCCC1.CC1c2cccc3cccc(c23)C1C1C2CCC(C2)C1C. The molecule has 7 atom stereocenters. The lowest BCUT2D eigenvalue weighted by Crippen LogP contribution is -2.27. The lowest BCUT2D eigenvalue weighted by atomic mass is 9.68. The second kappa shape index (κ2) is 12.6. The molecule has 3 fully saturated rings. The van der Waals surface area contributed by atoms with Gasteiger partial charge in [-0.15, -0.1) is 0 Å². The predicted octanol–water partition coefficient (Wildman–Crippen LogP) is 10.2. The van der Waals surface area contributed by atoms with Gasteiger partial charge < -0.3 is 5.11 Å². The lowest BCUT2D eigenvalue weighted by molar-refractivity contribution is 0.101. The average Bonchev–Trinajstić information content (AvgIpc) is 3.44. The number of aliphatic hydroxyl groups is 1. The molecule has 6 rings (SSSR count). The fourth-order valence-electron chi connectivity index (χ4n) is 7.92. The van der Waals surface area contributed by atoms with Gasteiger partial charge in [0.1, 0.15) is 0 Å². The van der Waals surface area contributed by atoms with E-state index in [0.717, 1.165) is 29.6 Å². The van der Waals surface area contributed by atoms with Crippen molar-refractivity contribution in [2.75, 3.05) is 0 Å². The Labute approximate surface area is 212 Å². The zero-order valence-corrected chi connectivity index (χ0v) is 19.2. The molecule has 0 spiro atoms. The van der Waals surface area contributed by atoms with Crippen molar-refractivity contribution >= 4 is 10.8 Å². The Morgan fingerprint density at radius 3 is 1.88 bits per heavy atom. The third-order valence-corrected chi connectivity index (χ3v) is 9.51. The molecule has 4 aliphatic rings. The van der Waals surface area contributed by atoms with Crippen LogP contribution in [0, 0.1) is 29.6 Å². The van der Waals surface area contributed by atoms with Gasteiger partial charge in [0.25, 0.3) is 0 Å². The smallest absolute Gasteiger partial charge is 0.0540 e. The molecule has 0 aromatic heterocycles. The van der Waals surface area contributed by atoms with E-state index in [0.29, 0.717) is 11.8 Å². The lowest BCUT2D eigenvalue weighted by Gasteiger charge is -2.36. The van der Waals surface area contributed by atoms with Crippen LogP contribution in [0.5, 0.6) is 0 Å². The van der Waals surface area contributed by atoms with Crippen LogP contribution in [0.25, 0.3) is 10.8 Å². The molecule has 3 saturated carbocycles. The van der Waals surface area contributed by atoms with Gasteiger partial charge >= 0.3 is 0 Å². The first-order valence-electron chi connectivity index (χ1n) is 12.8. The number of benzene rings is 2. The maximum absolute atomic E-state index is 9.18. The average molecular weight is 469 g/mol. The van der Waals surface area contributed by atoms with Crippen molar-refractivity contribution in [3.05, 3.63) is 47.5 Å². The summed E-state index contributed by atoms with van der Waals surface area (Å²) in [6.45, 7) is 6.94. The van der Waals surface area contributed by atoms with Crippen molar-refractivity contribution in [2.45, 2.75) is 120 Å². The second-order valence-electron chi connectivity index (χ2n) is 11.0. The minimum Gasteiger partial charge on any atom is -0.393 e. The molecule has 0 amide bonds. The summed E-state index contributed by atoms with van der Waals surface area (Å²) in [5.74, 6) is 5.97. The van der Waals surface area contributed by atoms with Gasteiger partial charge in [0.2, 0.25) is 0 Å². The molecule has 2 aromatic rings. The maximum atomic E-state index is 9.18. The first-order valence-corrected chi connectivity index (χ1v) is 12.8. The summed E-state index contributed by atoms with van der Waals surface area (Å²) >= 11 is 0. The van der Waals surface area contributed by atoms with Crippen molar-refractivity contribution in [1.82, 2.24) is 0 Å². The van der Waals surface area contributed by atoms with Gasteiger partial charge in [-0.2, -0.15) is 0 Å². The second-order valence-corrected chi connectivity index (χ2v) is 11.0. The highest BCUT2D eigenvalue weighted by atomic mass is 16.3. The minimum atomic E-state index is -0.0645. The van der Waals surface area contributed by atoms with E-state index in [2.05, 4.69) is 50.2 Å². The van der Waals surface area contributed by atoms with Crippen molar-refractivity contribution in [3.63, 3.8) is 0 Å². The Bertz CT molecular complexity index is 870. The zero-order valence-electron chi connectivity index (χ0n) is 19.2. The molecule has 2 aromatic carbocycles. The number of aliphatic hydroxyl groups excluding tert-OH is 1. The number of hydrogen-bond acceptors (Lipinski definition) is 1. The summed E-state index contributed by atoms with van der Waals surface area (Å²) in [5.41, 5.74) is 3.28. The van der Waals surface area contributed by atoms with Crippen LogP contribution in [-0.2, 0) is 0 Å². The Morgan fingerprint density at radius 1 is 0.765 bits per heavy atom. The first-order chi connectivity index (χ1) is 14.6. The summed E-state index contributed by atoms with van der Waals surface area (Å²) in [6, 6.07) is 13.9. The Balaban J connectivity index is 0.000000388. The molecule has 34 heavy (non-hydrogen) atoms. The fourth-order valence-corrected chi connectivity index (χ4v) is 7.92. The molecule has 1 nitrogen and oxygen atoms in total. The number of hydrogen-bond donors (Lipinski definition) is 1. The van der Waals surface area contributed by atoms with Gasteiger partial charge in [0, 0.05) is 0 Å². The van der Waals surface area contributed by atoms with E-state index < -0.39 is 0 Å². The molecule has 1 heteroatoms. The largest absolute Gasteiger partial charge is 0.393 e. The van der Waals surface area contributed by atoms with Crippen LogP contribution in [-0.4, -0.2) is 11.2 Å². The van der Waals surface area contributed by atoms with Crippen LogP contribution in [0.2, 0.25) is 0 Å². The molecule has 0 saturated heterocycles. The van der Waals surface area contributed by atoms with E-state index in [1.54, 1.807) is 16.5 Å². The summed E-state index contributed by atoms with van der Waals surface area (Å²) in [6.07, 6.45) is 11.0. The number of rotatable bonds is 2. The monoisotopic (exact) mass is 468 g/mol. The topological polar surface area (TPSA) is 20.2 Å². The van der Waals surface area contributed by atoms with E-state index in [-0.39, 0.29) is 35.8 Å². The van der Waals surface area contributed by atoms with Gasteiger partial charge in [-0.3, -0.25) is 0 Å². The Hall–Kier alpha value is -1.34. The van der Waals surface area contributed by atoms with Crippen LogP contribution in [0.3, 0.4) is 0 Å². The zero-order chi connectivity index (χ0) is 20.8. The van der Waals surface area contributed by atoms with Crippen LogP contribution >= 0.6 is 0 Å². The molecule has 1 N–H and O–H groups in total. The standard InChI is InChI=1S/C21H24.C8H16O.4CH4/c1-12-15-9-10-16(11-15)19(12)20-13(2)17-7-3-5-14-6-4-8-18(20)21(14)17;1-7(9)8-5-3-2-4-6-8;;;;/h3-8,12-13,15-16,19-20H,9-11H2,1-2H3;7-9H,2-6H2,1H3;4*1H4. The highest BCUT2D eigenvalue weighted by Gasteiger charge is 2.51. The summed E-state index contributed by atoms with van der Waals surface area (Å²) in [7, 11) is 0. The third-order valence-electron chi connectivity index (χ3n) is 9.51. The van der Waals surface area contributed by atoms with E-state index in [1.807, 2.05) is 6.92 Å². The molecule has 4 aliphatic carbocycles. The normalized spacial score (nSPS) is 31.8. The van der Waals surface area contributed by atoms with Crippen LogP contribution in [0.15, 0.2) is 36.4 Å². The third kappa shape index (κ3) is 5.25. The highest BCUT2D eigenvalue weighted by molar-refractivity contribution is 5.92. The first kappa shape index (κ1) is 30.7. The number of fused-ring (bicyclic) bond motifs is 2. The molecular formula is C33H56O. The Kier molecular flexibility index (Phi) is 11.3. The van der Waals surface area contributed by atoms with E-state index in [4.69, 9.17) is 0 Å². The summed E-state index contributed by atoms with van der Waals surface area (Å²) in [4.78, 5) is 0. The summed E-state index contributed by atoms with van der Waals surface area (Å²) < 4.78 is 0. The molecule has 7 unspecified atom stereocenters. The van der Waals surface area contributed by atoms with Crippen molar-refractivity contribution in [2.24, 2.45) is 29.6 Å². The minimum absolute atomic E-state index is 0. The van der Waals surface area contributed by atoms with E-state index in [9.17, 15) is 5.11 Å².